The van der Waals surface area contributed by atoms with Crippen molar-refractivity contribution in [1.29, 1.82) is 0 Å². The number of rotatable bonds is 7. The van der Waals surface area contributed by atoms with E-state index in [0.29, 0.717) is 28.7 Å². The normalized spacial score (nSPS) is 10.7. The van der Waals surface area contributed by atoms with Crippen molar-refractivity contribution in [1.82, 2.24) is 9.55 Å². The molecule has 0 saturated carbocycles. The second-order valence-electron chi connectivity index (χ2n) is 6.71. The number of para-hydroxylation sites is 2. The molecule has 0 saturated heterocycles. The van der Waals surface area contributed by atoms with Crippen LogP contribution in [0.25, 0.3) is 28.1 Å². The Morgan fingerprint density at radius 2 is 1.35 bits per heavy atom. The molecule has 1 heterocycles. The number of ether oxygens (including phenoxy) is 5. The molecule has 4 rings (SSSR count). The van der Waals surface area contributed by atoms with Crippen molar-refractivity contribution in [3.8, 4) is 45.8 Å². The molecule has 0 spiro atoms. The molecule has 3 aromatic carbocycles. The van der Waals surface area contributed by atoms with Gasteiger partial charge in [-0.3, -0.25) is 4.57 Å². The maximum atomic E-state index is 5.65. The van der Waals surface area contributed by atoms with E-state index in [4.69, 9.17) is 28.7 Å². The van der Waals surface area contributed by atoms with Crippen molar-refractivity contribution in [2.45, 2.75) is 0 Å². The van der Waals surface area contributed by atoms with Gasteiger partial charge in [-0.1, -0.05) is 12.1 Å². The van der Waals surface area contributed by atoms with E-state index in [1.54, 1.807) is 35.5 Å². The molecule has 7 nitrogen and oxygen atoms in total. The van der Waals surface area contributed by atoms with E-state index in [2.05, 4.69) is 0 Å². The average molecular weight is 420 g/mol. The third kappa shape index (κ3) is 3.48. The third-order valence-electron chi connectivity index (χ3n) is 5.12. The van der Waals surface area contributed by atoms with E-state index in [0.717, 1.165) is 28.1 Å². The van der Waals surface area contributed by atoms with Gasteiger partial charge in [0.05, 0.1) is 57.8 Å². The highest BCUT2D eigenvalue weighted by atomic mass is 16.5. The lowest BCUT2D eigenvalue weighted by molar-refractivity contribution is 0.324. The molecule has 0 bridgehead atoms. The molecular weight excluding hydrogens is 396 g/mol. The van der Waals surface area contributed by atoms with Crippen molar-refractivity contribution < 1.29 is 23.7 Å². The first kappa shape index (κ1) is 20.4. The van der Waals surface area contributed by atoms with E-state index >= 15 is 0 Å². The lowest BCUT2D eigenvalue weighted by atomic mass is 10.1. The van der Waals surface area contributed by atoms with Gasteiger partial charge in [-0.05, 0) is 24.3 Å². The van der Waals surface area contributed by atoms with Crippen LogP contribution < -0.4 is 23.7 Å². The molecule has 0 atom stereocenters. The predicted molar refractivity (Wildman–Crippen MR) is 119 cm³/mol. The van der Waals surface area contributed by atoms with E-state index in [1.165, 1.54) is 0 Å². The highest BCUT2D eigenvalue weighted by molar-refractivity contribution is 5.85. The van der Waals surface area contributed by atoms with E-state index in [-0.39, 0.29) is 0 Å². The van der Waals surface area contributed by atoms with Crippen LogP contribution in [-0.4, -0.2) is 45.1 Å². The fourth-order valence-electron chi connectivity index (χ4n) is 3.65. The summed E-state index contributed by atoms with van der Waals surface area (Å²) in [5, 5.41) is 0. The summed E-state index contributed by atoms with van der Waals surface area (Å²) in [5.74, 6) is 3.72. The molecule has 0 amide bonds. The van der Waals surface area contributed by atoms with E-state index < -0.39 is 0 Å². The zero-order valence-electron chi connectivity index (χ0n) is 18.1. The highest BCUT2D eigenvalue weighted by Crippen LogP contribution is 2.42. The van der Waals surface area contributed by atoms with Crippen molar-refractivity contribution in [3.05, 3.63) is 54.6 Å². The van der Waals surface area contributed by atoms with Gasteiger partial charge in [-0.15, -0.1) is 0 Å². The molecule has 4 aromatic rings. The minimum atomic E-state index is 0.529. The number of aromatic nitrogens is 2. The first-order chi connectivity index (χ1) is 15.1. The third-order valence-corrected chi connectivity index (χ3v) is 5.12. The van der Waals surface area contributed by atoms with E-state index in [1.807, 2.05) is 59.2 Å². The maximum Gasteiger partial charge on any atom is 0.203 e. The Balaban J connectivity index is 2.04. The van der Waals surface area contributed by atoms with Gasteiger partial charge in [0.1, 0.15) is 17.3 Å². The minimum Gasteiger partial charge on any atom is -0.497 e. The van der Waals surface area contributed by atoms with Gasteiger partial charge < -0.3 is 23.7 Å². The second-order valence-corrected chi connectivity index (χ2v) is 6.71. The first-order valence-electron chi connectivity index (χ1n) is 9.65. The van der Waals surface area contributed by atoms with Gasteiger partial charge in [0.25, 0.3) is 0 Å². The summed E-state index contributed by atoms with van der Waals surface area (Å²) >= 11 is 0. The standard InChI is InChI=1S/C24H24N2O5/c1-27-16-10-11-17(20(14-16)28-2)24-25-18-8-6-7-9-19(18)26(24)15-12-21(29-3)23(31-5)22(13-15)30-4/h6-14H,1-5H3. The Labute approximate surface area is 180 Å². The topological polar surface area (TPSA) is 64.0 Å². The summed E-state index contributed by atoms with van der Waals surface area (Å²) in [5.41, 5.74) is 3.43. The minimum absolute atomic E-state index is 0.529. The zero-order chi connectivity index (χ0) is 22.0. The monoisotopic (exact) mass is 420 g/mol. The van der Waals surface area contributed by atoms with Crippen molar-refractivity contribution in [3.63, 3.8) is 0 Å². The number of fused-ring (bicyclic) bond motifs is 1. The van der Waals surface area contributed by atoms with Gasteiger partial charge in [0.15, 0.2) is 11.5 Å². The molecule has 0 unspecified atom stereocenters. The molecular formula is C24H24N2O5. The van der Waals surface area contributed by atoms with Crippen molar-refractivity contribution in [2.75, 3.05) is 35.5 Å². The van der Waals surface area contributed by atoms with Gasteiger partial charge in [0.2, 0.25) is 5.75 Å². The van der Waals surface area contributed by atoms with Crippen molar-refractivity contribution >= 4 is 11.0 Å². The lowest BCUT2D eigenvalue weighted by Gasteiger charge is -2.17. The summed E-state index contributed by atoms with van der Waals surface area (Å²) in [7, 11) is 8.03. The van der Waals surface area contributed by atoms with Gasteiger partial charge in [0, 0.05) is 18.2 Å². The maximum absolute atomic E-state index is 5.65. The molecule has 0 radical (unpaired) electrons. The number of hydrogen-bond donors (Lipinski definition) is 0. The molecule has 7 heteroatoms. The zero-order valence-corrected chi connectivity index (χ0v) is 18.1. The van der Waals surface area contributed by atoms with Gasteiger partial charge in [-0.2, -0.15) is 0 Å². The summed E-state index contributed by atoms with van der Waals surface area (Å²) in [6.45, 7) is 0. The molecule has 1 aromatic heterocycles. The van der Waals surface area contributed by atoms with Crippen LogP contribution in [0.2, 0.25) is 0 Å². The quantitative estimate of drug-likeness (QED) is 0.431. The lowest BCUT2D eigenvalue weighted by Crippen LogP contribution is -2.02. The Bertz CT molecular complexity index is 1210. The highest BCUT2D eigenvalue weighted by Gasteiger charge is 2.21. The Morgan fingerprint density at radius 1 is 0.677 bits per heavy atom. The number of imidazole rings is 1. The fraction of sp³-hybridized carbons (Fsp3) is 0.208. The predicted octanol–water partition coefficient (Wildman–Crippen LogP) is 4.74. The Kier molecular flexibility index (Phi) is 5.58. The van der Waals surface area contributed by atoms with Crippen LogP contribution in [0.15, 0.2) is 54.6 Å². The molecule has 160 valence electrons. The van der Waals surface area contributed by atoms with Crippen LogP contribution >= 0.6 is 0 Å². The van der Waals surface area contributed by atoms with E-state index in [9.17, 15) is 0 Å². The molecule has 0 fully saturated rings. The molecule has 0 N–H and O–H groups in total. The van der Waals surface area contributed by atoms with Crippen molar-refractivity contribution in [2.24, 2.45) is 0 Å². The van der Waals surface area contributed by atoms with Crippen LogP contribution in [-0.2, 0) is 0 Å². The molecule has 0 aliphatic carbocycles. The summed E-state index contributed by atoms with van der Waals surface area (Å²) in [6.07, 6.45) is 0. The smallest absolute Gasteiger partial charge is 0.203 e. The molecule has 31 heavy (non-hydrogen) atoms. The number of nitrogens with zero attached hydrogens (tertiary/aromatic N) is 2. The van der Waals surface area contributed by atoms with Crippen LogP contribution in [0.3, 0.4) is 0 Å². The van der Waals surface area contributed by atoms with Gasteiger partial charge in [-0.25, -0.2) is 4.98 Å². The number of benzene rings is 3. The van der Waals surface area contributed by atoms with Crippen LogP contribution in [0.5, 0.6) is 28.7 Å². The number of hydrogen-bond acceptors (Lipinski definition) is 6. The Hall–Kier alpha value is -3.87. The van der Waals surface area contributed by atoms with Gasteiger partial charge >= 0.3 is 0 Å². The van der Waals surface area contributed by atoms with Crippen LogP contribution in [0.4, 0.5) is 0 Å². The van der Waals surface area contributed by atoms with Crippen LogP contribution in [0.1, 0.15) is 0 Å². The Morgan fingerprint density at radius 3 is 1.97 bits per heavy atom. The number of methoxy groups -OCH3 is 5. The summed E-state index contributed by atoms with van der Waals surface area (Å²) < 4.78 is 29.7. The van der Waals surface area contributed by atoms with Crippen LogP contribution in [0, 0.1) is 0 Å². The average Bonchev–Trinajstić information content (AvgIpc) is 3.21. The summed E-state index contributed by atoms with van der Waals surface area (Å²) in [6, 6.07) is 17.4. The summed E-state index contributed by atoms with van der Waals surface area (Å²) in [4.78, 5) is 4.91. The second kappa shape index (κ2) is 8.47. The SMILES string of the molecule is COc1ccc(-c2nc3ccccc3n2-c2cc(OC)c(OC)c(OC)c2)c(OC)c1. The molecule has 0 aliphatic heterocycles. The fourth-order valence-corrected chi connectivity index (χ4v) is 3.65. The largest absolute Gasteiger partial charge is 0.497 e. The first-order valence-corrected chi connectivity index (χ1v) is 9.65. The molecule has 0 aliphatic rings.